The lowest BCUT2D eigenvalue weighted by atomic mass is 10.3. The van der Waals surface area contributed by atoms with Gasteiger partial charge in [-0.2, -0.15) is 0 Å². The topological polar surface area (TPSA) is 84.7 Å². The SMILES string of the molecule is CN(CCOc1ccccc1)CC(=O)Nc1ccccc1SCC(N)=O. The highest BCUT2D eigenvalue weighted by Crippen LogP contribution is 2.26. The Labute approximate surface area is 157 Å². The number of primary amides is 1. The van der Waals surface area contributed by atoms with E-state index in [0.717, 1.165) is 10.6 Å². The van der Waals surface area contributed by atoms with Crippen molar-refractivity contribution >= 4 is 29.3 Å². The van der Waals surface area contributed by atoms with E-state index in [-0.39, 0.29) is 18.2 Å². The third-order valence-corrected chi connectivity index (χ3v) is 4.53. The molecule has 0 saturated heterocycles. The first-order valence-electron chi connectivity index (χ1n) is 8.21. The summed E-state index contributed by atoms with van der Waals surface area (Å²) in [5, 5.41) is 2.88. The average Bonchev–Trinajstić information content (AvgIpc) is 2.61. The molecule has 0 radical (unpaired) electrons. The van der Waals surface area contributed by atoms with E-state index < -0.39 is 5.91 Å². The molecule has 7 heteroatoms. The maximum atomic E-state index is 12.3. The highest BCUT2D eigenvalue weighted by atomic mass is 32.2. The van der Waals surface area contributed by atoms with E-state index >= 15 is 0 Å². The molecule has 6 nitrogen and oxygen atoms in total. The zero-order valence-corrected chi connectivity index (χ0v) is 15.5. The summed E-state index contributed by atoms with van der Waals surface area (Å²) in [5.41, 5.74) is 5.86. The molecule has 2 rings (SSSR count). The van der Waals surface area contributed by atoms with Crippen molar-refractivity contribution in [1.29, 1.82) is 0 Å². The molecule has 0 atom stereocenters. The summed E-state index contributed by atoms with van der Waals surface area (Å²) < 4.78 is 5.63. The van der Waals surface area contributed by atoms with Crippen LogP contribution in [0.15, 0.2) is 59.5 Å². The second-order valence-corrected chi connectivity index (χ2v) is 6.72. The van der Waals surface area contributed by atoms with Gasteiger partial charge in [-0.05, 0) is 31.3 Å². The Morgan fingerprint density at radius 1 is 1.12 bits per heavy atom. The van der Waals surface area contributed by atoms with E-state index in [2.05, 4.69) is 5.32 Å². The lowest BCUT2D eigenvalue weighted by Gasteiger charge is -2.17. The third-order valence-electron chi connectivity index (χ3n) is 3.43. The first-order chi connectivity index (χ1) is 12.5. The third kappa shape index (κ3) is 7.16. The smallest absolute Gasteiger partial charge is 0.238 e. The lowest BCUT2D eigenvalue weighted by molar-refractivity contribution is -0.117. The first-order valence-corrected chi connectivity index (χ1v) is 9.19. The van der Waals surface area contributed by atoms with Gasteiger partial charge in [0.1, 0.15) is 12.4 Å². The second kappa shape index (κ2) is 10.5. The van der Waals surface area contributed by atoms with Crippen molar-refractivity contribution < 1.29 is 14.3 Å². The van der Waals surface area contributed by atoms with Crippen LogP contribution in [0.2, 0.25) is 0 Å². The van der Waals surface area contributed by atoms with Crippen LogP contribution in [0.5, 0.6) is 5.75 Å². The number of nitrogens with one attached hydrogen (secondary N) is 1. The molecule has 0 unspecified atom stereocenters. The van der Waals surface area contributed by atoms with Gasteiger partial charge in [-0.25, -0.2) is 0 Å². The predicted molar refractivity (Wildman–Crippen MR) is 104 cm³/mol. The van der Waals surface area contributed by atoms with Crippen molar-refractivity contribution in [2.75, 3.05) is 37.8 Å². The molecule has 0 aliphatic rings. The Morgan fingerprint density at radius 3 is 2.54 bits per heavy atom. The molecular weight excluding hydrogens is 350 g/mol. The number of likely N-dealkylation sites (N-methyl/N-ethyl adjacent to an activating group) is 1. The van der Waals surface area contributed by atoms with Crippen LogP contribution in [0.4, 0.5) is 5.69 Å². The normalized spacial score (nSPS) is 10.5. The molecule has 0 aromatic heterocycles. The molecule has 0 aliphatic carbocycles. The zero-order valence-electron chi connectivity index (χ0n) is 14.7. The van der Waals surface area contributed by atoms with E-state index in [9.17, 15) is 9.59 Å². The van der Waals surface area contributed by atoms with Gasteiger partial charge in [0.15, 0.2) is 0 Å². The number of nitrogens with two attached hydrogens (primary N) is 1. The number of ether oxygens (including phenoxy) is 1. The van der Waals surface area contributed by atoms with Gasteiger partial charge in [-0.3, -0.25) is 14.5 Å². The van der Waals surface area contributed by atoms with Crippen LogP contribution in [-0.2, 0) is 9.59 Å². The highest BCUT2D eigenvalue weighted by Gasteiger charge is 2.10. The zero-order chi connectivity index (χ0) is 18.8. The molecule has 0 spiro atoms. The van der Waals surface area contributed by atoms with Crippen LogP contribution >= 0.6 is 11.8 Å². The second-order valence-electron chi connectivity index (χ2n) is 5.70. The Bertz CT molecular complexity index is 725. The molecule has 138 valence electrons. The summed E-state index contributed by atoms with van der Waals surface area (Å²) in [7, 11) is 1.86. The Hall–Kier alpha value is -2.51. The number of carbonyl (C=O) groups excluding carboxylic acids is 2. The van der Waals surface area contributed by atoms with E-state index in [1.807, 2.05) is 60.5 Å². The number of para-hydroxylation sites is 2. The molecule has 2 aromatic rings. The molecule has 0 bridgehead atoms. The van der Waals surface area contributed by atoms with Crippen LogP contribution < -0.4 is 15.8 Å². The average molecular weight is 373 g/mol. The van der Waals surface area contributed by atoms with Crippen LogP contribution in [-0.4, -0.2) is 49.2 Å². The van der Waals surface area contributed by atoms with Crippen molar-refractivity contribution in [3.05, 3.63) is 54.6 Å². The number of carbonyl (C=O) groups is 2. The Morgan fingerprint density at radius 2 is 1.81 bits per heavy atom. The molecular formula is C19H23N3O3S. The fraction of sp³-hybridized carbons (Fsp3) is 0.263. The summed E-state index contributed by atoms with van der Waals surface area (Å²) >= 11 is 1.30. The van der Waals surface area contributed by atoms with Crippen LogP contribution in [0, 0.1) is 0 Å². The van der Waals surface area contributed by atoms with Gasteiger partial charge in [-0.15, -0.1) is 11.8 Å². The summed E-state index contributed by atoms with van der Waals surface area (Å²) in [6.45, 7) is 1.37. The van der Waals surface area contributed by atoms with E-state index in [4.69, 9.17) is 10.5 Å². The van der Waals surface area contributed by atoms with Gasteiger partial charge in [-0.1, -0.05) is 30.3 Å². The van der Waals surface area contributed by atoms with Gasteiger partial charge >= 0.3 is 0 Å². The number of nitrogens with zero attached hydrogens (tertiary/aromatic N) is 1. The van der Waals surface area contributed by atoms with Crippen LogP contribution in [0.25, 0.3) is 0 Å². The van der Waals surface area contributed by atoms with Gasteiger partial charge in [0.2, 0.25) is 11.8 Å². The number of amides is 2. The number of hydrogen-bond donors (Lipinski definition) is 2. The number of benzene rings is 2. The summed E-state index contributed by atoms with van der Waals surface area (Å²) in [4.78, 5) is 25.9. The summed E-state index contributed by atoms with van der Waals surface area (Å²) in [6, 6.07) is 16.9. The minimum atomic E-state index is -0.394. The van der Waals surface area contributed by atoms with Crippen LogP contribution in [0.1, 0.15) is 0 Å². The number of anilines is 1. The maximum absolute atomic E-state index is 12.3. The summed E-state index contributed by atoms with van der Waals surface area (Å²) in [5.74, 6) is 0.461. The molecule has 26 heavy (non-hydrogen) atoms. The number of hydrogen-bond acceptors (Lipinski definition) is 5. The van der Waals surface area contributed by atoms with Crippen molar-refractivity contribution in [3.63, 3.8) is 0 Å². The van der Waals surface area contributed by atoms with E-state index in [1.165, 1.54) is 11.8 Å². The van der Waals surface area contributed by atoms with Crippen molar-refractivity contribution in [1.82, 2.24) is 4.90 Å². The van der Waals surface area contributed by atoms with Crippen LogP contribution in [0.3, 0.4) is 0 Å². The minimum Gasteiger partial charge on any atom is -0.492 e. The van der Waals surface area contributed by atoms with Crippen molar-refractivity contribution in [3.8, 4) is 5.75 Å². The van der Waals surface area contributed by atoms with Gasteiger partial charge in [0, 0.05) is 11.4 Å². The fourth-order valence-corrected chi connectivity index (χ4v) is 2.94. The molecule has 0 saturated carbocycles. The molecule has 0 heterocycles. The monoisotopic (exact) mass is 373 g/mol. The van der Waals surface area contributed by atoms with Gasteiger partial charge in [0.05, 0.1) is 18.0 Å². The molecule has 2 amide bonds. The predicted octanol–water partition coefficient (Wildman–Crippen LogP) is 2.21. The molecule has 3 N–H and O–H groups in total. The van der Waals surface area contributed by atoms with E-state index in [0.29, 0.717) is 18.8 Å². The molecule has 0 fully saturated rings. The fourth-order valence-electron chi connectivity index (χ4n) is 2.19. The quantitative estimate of drug-likeness (QED) is 0.624. The largest absolute Gasteiger partial charge is 0.492 e. The van der Waals surface area contributed by atoms with Crippen molar-refractivity contribution in [2.24, 2.45) is 5.73 Å². The molecule has 2 aromatic carbocycles. The number of rotatable bonds is 10. The minimum absolute atomic E-state index is 0.126. The van der Waals surface area contributed by atoms with E-state index in [1.54, 1.807) is 6.07 Å². The summed E-state index contributed by atoms with van der Waals surface area (Å²) in [6.07, 6.45) is 0. The lowest BCUT2D eigenvalue weighted by Crippen LogP contribution is -2.33. The Balaban J connectivity index is 1.78. The first kappa shape index (κ1) is 19.8. The highest BCUT2D eigenvalue weighted by molar-refractivity contribution is 8.00. The Kier molecular flexibility index (Phi) is 7.98. The van der Waals surface area contributed by atoms with Gasteiger partial charge in [0.25, 0.3) is 0 Å². The maximum Gasteiger partial charge on any atom is 0.238 e. The van der Waals surface area contributed by atoms with Crippen molar-refractivity contribution in [2.45, 2.75) is 4.90 Å². The van der Waals surface area contributed by atoms with Gasteiger partial charge < -0.3 is 15.8 Å². The standard InChI is InChI=1S/C19H23N3O3S/c1-22(11-12-25-15-7-3-2-4-8-15)13-19(24)21-16-9-5-6-10-17(16)26-14-18(20)23/h2-10H,11-14H2,1H3,(H2,20,23)(H,21,24). The molecule has 0 aliphatic heterocycles. The number of thioether (sulfide) groups is 1.